The molecule has 2 aromatic rings. The minimum Gasteiger partial charge on any atom is -0.443 e. The van der Waals surface area contributed by atoms with Crippen molar-refractivity contribution in [3.63, 3.8) is 0 Å². The maximum absolute atomic E-state index is 13.7. The van der Waals surface area contributed by atoms with Crippen molar-refractivity contribution in [2.24, 2.45) is 4.99 Å². The Morgan fingerprint density at radius 2 is 2.04 bits per heavy atom. The van der Waals surface area contributed by atoms with Crippen LogP contribution in [0.15, 0.2) is 33.8 Å². The first-order valence-electron chi connectivity index (χ1n) is 8.39. The smallest absolute Gasteiger partial charge is 0.213 e. The number of aryl methyl sites for hydroxylation is 1. The number of nitrogens with one attached hydrogen (secondary N) is 2. The van der Waals surface area contributed by atoms with E-state index in [0.717, 1.165) is 11.3 Å². The topological polar surface area (TPSA) is 62.5 Å². The second kappa shape index (κ2) is 9.34. The fourth-order valence-corrected chi connectivity index (χ4v) is 2.26. The second-order valence-electron chi connectivity index (χ2n) is 7.17. The zero-order valence-electron chi connectivity index (χ0n) is 16.2. The Hall–Kier alpha value is -1.64. The first-order chi connectivity index (χ1) is 11.7. The monoisotopic (exact) mass is 474 g/mol. The van der Waals surface area contributed by atoms with Gasteiger partial charge in [-0.2, -0.15) is 0 Å². The molecule has 1 atom stereocenters. The normalized spacial score (nSPS) is 13.1. The fourth-order valence-electron chi connectivity index (χ4n) is 2.26. The van der Waals surface area contributed by atoms with E-state index in [9.17, 15) is 4.39 Å². The highest BCUT2D eigenvalue weighted by Crippen LogP contribution is 2.22. The Balaban J connectivity index is 0.00000338. The van der Waals surface area contributed by atoms with Crippen LogP contribution in [0.2, 0.25) is 0 Å². The number of guanidine groups is 1. The lowest BCUT2D eigenvalue weighted by Gasteiger charge is -2.18. The van der Waals surface area contributed by atoms with Crippen molar-refractivity contribution in [2.75, 3.05) is 7.05 Å². The minimum atomic E-state index is -0.205. The number of rotatable bonds is 4. The summed E-state index contributed by atoms with van der Waals surface area (Å²) in [6, 6.07) is 5.15. The summed E-state index contributed by atoms with van der Waals surface area (Å²) in [5.41, 5.74) is 1.42. The maximum Gasteiger partial charge on any atom is 0.213 e. The van der Waals surface area contributed by atoms with Crippen LogP contribution < -0.4 is 10.6 Å². The molecule has 0 saturated heterocycles. The summed E-state index contributed by atoms with van der Waals surface area (Å²) in [7, 11) is 1.69. The Morgan fingerprint density at radius 3 is 2.58 bits per heavy atom. The van der Waals surface area contributed by atoms with Gasteiger partial charge >= 0.3 is 0 Å². The Labute approximate surface area is 171 Å². The molecule has 1 heterocycles. The van der Waals surface area contributed by atoms with Gasteiger partial charge in [-0.15, -0.1) is 24.0 Å². The molecule has 1 unspecified atom stereocenters. The van der Waals surface area contributed by atoms with Crippen LogP contribution in [-0.4, -0.2) is 18.0 Å². The highest BCUT2D eigenvalue weighted by molar-refractivity contribution is 14.0. The quantitative estimate of drug-likeness (QED) is 0.390. The second-order valence-corrected chi connectivity index (χ2v) is 7.17. The van der Waals surface area contributed by atoms with Crippen LogP contribution in [0, 0.1) is 12.7 Å². The standard InChI is InChI=1S/C19H27FN4O.HI/c1-12-7-8-14(9-15(12)20)13(2)24-18(21-6)23-11-17-22-10-16(25-17)19(3,4)5;/h7-10,13H,11H2,1-6H3,(H2,21,23,24);1H. The van der Waals surface area contributed by atoms with E-state index in [1.165, 1.54) is 0 Å². The molecule has 2 rings (SSSR count). The molecule has 0 bridgehead atoms. The van der Waals surface area contributed by atoms with E-state index in [-0.39, 0.29) is 41.3 Å². The number of benzene rings is 1. The molecular formula is C19H28FIN4O. The average Bonchev–Trinajstić information content (AvgIpc) is 3.03. The molecule has 144 valence electrons. The lowest BCUT2D eigenvalue weighted by atomic mass is 9.94. The summed E-state index contributed by atoms with van der Waals surface area (Å²) < 4.78 is 19.5. The SMILES string of the molecule is CN=C(NCc1ncc(C(C)(C)C)o1)NC(C)c1ccc(C)c(F)c1.I. The van der Waals surface area contributed by atoms with Gasteiger partial charge in [-0.1, -0.05) is 32.9 Å². The van der Waals surface area contributed by atoms with Gasteiger partial charge in [0.2, 0.25) is 5.89 Å². The predicted molar refractivity (Wildman–Crippen MR) is 114 cm³/mol. The van der Waals surface area contributed by atoms with Crippen molar-refractivity contribution in [2.45, 2.75) is 52.6 Å². The van der Waals surface area contributed by atoms with E-state index in [0.29, 0.717) is 24.0 Å². The van der Waals surface area contributed by atoms with Crippen molar-refractivity contribution >= 4 is 29.9 Å². The van der Waals surface area contributed by atoms with Gasteiger partial charge in [0, 0.05) is 12.5 Å². The van der Waals surface area contributed by atoms with Crippen molar-refractivity contribution in [3.8, 4) is 0 Å². The van der Waals surface area contributed by atoms with Crippen LogP contribution in [0.5, 0.6) is 0 Å². The van der Waals surface area contributed by atoms with E-state index in [1.807, 2.05) is 13.0 Å². The molecule has 26 heavy (non-hydrogen) atoms. The zero-order valence-corrected chi connectivity index (χ0v) is 18.5. The van der Waals surface area contributed by atoms with E-state index >= 15 is 0 Å². The number of hydrogen-bond donors (Lipinski definition) is 2. The zero-order chi connectivity index (χ0) is 18.6. The van der Waals surface area contributed by atoms with Crippen molar-refractivity contribution < 1.29 is 8.81 Å². The third kappa shape index (κ3) is 5.96. The molecule has 0 spiro atoms. The molecule has 0 aliphatic rings. The number of halogens is 2. The van der Waals surface area contributed by atoms with Crippen molar-refractivity contribution in [3.05, 3.63) is 53.0 Å². The lowest BCUT2D eigenvalue weighted by Crippen LogP contribution is -2.38. The molecule has 0 fully saturated rings. The van der Waals surface area contributed by atoms with Gasteiger partial charge in [0.1, 0.15) is 11.6 Å². The van der Waals surface area contributed by atoms with Crippen LogP contribution in [0.1, 0.15) is 56.5 Å². The third-order valence-corrected chi connectivity index (χ3v) is 3.97. The summed E-state index contributed by atoms with van der Waals surface area (Å²) in [6.45, 7) is 10.4. The molecule has 0 amide bonds. The highest BCUT2D eigenvalue weighted by Gasteiger charge is 2.19. The highest BCUT2D eigenvalue weighted by atomic mass is 127. The minimum absolute atomic E-state index is 0. The van der Waals surface area contributed by atoms with Gasteiger partial charge in [-0.05, 0) is 31.0 Å². The van der Waals surface area contributed by atoms with Crippen LogP contribution in [0.3, 0.4) is 0 Å². The molecule has 5 nitrogen and oxygen atoms in total. The molecule has 0 aliphatic carbocycles. The molecule has 1 aromatic carbocycles. The van der Waals surface area contributed by atoms with Gasteiger partial charge in [0.25, 0.3) is 0 Å². The molecular weight excluding hydrogens is 446 g/mol. The summed E-state index contributed by atoms with van der Waals surface area (Å²) >= 11 is 0. The average molecular weight is 474 g/mol. The maximum atomic E-state index is 13.7. The summed E-state index contributed by atoms with van der Waals surface area (Å²) in [5, 5.41) is 6.41. The van der Waals surface area contributed by atoms with E-state index in [4.69, 9.17) is 4.42 Å². The predicted octanol–water partition coefficient (Wildman–Crippen LogP) is 4.46. The Morgan fingerprint density at radius 1 is 1.35 bits per heavy atom. The number of oxazole rings is 1. The number of nitrogens with zero attached hydrogens (tertiary/aromatic N) is 2. The Bertz CT molecular complexity index is 752. The van der Waals surface area contributed by atoms with Crippen LogP contribution in [0.25, 0.3) is 0 Å². The lowest BCUT2D eigenvalue weighted by molar-refractivity contribution is 0.379. The summed E-state index contributed by atoms with van der Waals surface area (Å²) in [4.78, 5) is 8.48. The molecule has 2 N–H and O–H groups in total. The van der Waals surface area contributed by atoms with Crippen LogP contribution in [-0.2, 0) is 12.0 Å². The van der Waals surface area contributed by atoms with E-state index in [2.05, 4.69) is 41.4 Å². The molecule has 0 saturated carbocycles. The summed E-state index contributed by atoms with van der Waals surface area (Å²) in [5.74, 6) is 1.84. The summed E-state index contributed by atoms with van der Waals surface area (Å²) in [6.07, 6.45) is 1.75. The first kappa shape index (κ1) is 22.4. The first-order valence-corrected chi connectivity index (χ1v) is 8.39. The third-order valence-electron chi connectivity index (χ3n) is 3.97. The van der Waals surface area contributed by atoms with Crippen LogP contribution in [0.4, 0.5) is 4.39 Å². The van der Waals surface area contributed by atoms with Gasteiger partial charge in [-0.25, -0.2) is 9.37 Å². The van der Waals surface area contributed by atoms with Crippen molar-refractivity contribution in [1.29, 1.82) is 0 Å². The number of aromatic nitrogens is 1. The van der Waals surface area contributed by atoms with Crippen LogP contribution >= 0.6 is 24.0 Å². The molecule has 7 heteroatoms. The van der Waals surface area contributed by atoms with E-state index < -0.39 is 0 Å². The largest absolute Gasteiger partial charge is 0.443 e. The number of hydrogen-bond acceptors (Lipinski definition) is 3. The van der Waals surface area contributed by atoms with E-state index in [1.54, 1.807) is 32.3 Å². The molecule has 0 radical (unpaired) electrons. The van der Waals surface area contributed by atoms with Gasteiger partial charge in [0.05, 0.1) is 18.8 Å². The van der Waals surface area contributed by atoms with Gasteiger partial charge in [-0.3, -0.25) is 4.99 Å². The number of aliphatic imine (C=N–C) groups is 1. The fraction of sp³-hybridized carbons (Fsp3) is 0.474. The molecule has 1 aromatic heterocycles. The van der Waals surface area contributed by atoms with Crippen molar-refractivity contribution in [1.82, 2.24) is 15.6 Å². The van der Waals surface area contributed by atoms with Gasteiger partial charge < -0.3 is 15.1 Å². The van der Waals surface area contributed by atoms with Gasteiger partial charge in [0.15, 0.2) is 5.96 Å². The Kier molecular flexibility index (Phi) is 8.05. The molecule has 0 aliphatic heterocycles.